The molecule has 48 heavy (non-hydrogen) atoms. The molecule has 0 radical (unpaired) electrons. The molecular weight excluding hydrogens is 648 g/mol. The molecule has 2 saturated carbocycles. The number of hydrogen-bond acceptors (Lipinski definition) is 7. The smallest absolute Gasteiger partial charge is 0.264 e. The molecule has 2 bridgehead atoms. The van der Waals surface area contributed by atoms with Crippen LogP contribution >= 0.6 is 11.6 Å². The molecule has 7 rings (SSSR count). The zero-order valence-electron chi connectivity index (χ0n) is 28.2. The van der Waals surface area contributed by atoms with Crippen LogP contribution in [-0.4, -0.2) is 65.7 Å². The molecule has 2 fully saturated rings. The van der Waals surface area contributed by atoms with E-state index in [0.717, 1.165) is 74.5 Å². The first-order chi connectivity index (χ1) is 23.2. The summed E-state index contributed by atoms with van der Waals surface area (Å²) in [5.41, 5.74) is 3.48. The Balaban J connectivity index is 1.28. The molecule has 3 aliphatic carbocycles. The average Bonchev–Trinajstić information content (AvgIpc) is 3.88. The van der Waals surface area contributed by atoms with Gasteiger partial charge in [-0.05, 0) is 110 Å². The minimum Gasteiger partial charge on any atom is -0.490 e. The van der Waals surface area contributed by atoms with Crippen LogP contribution in [0.15, 0.2) is 48.6 Å². The molecule has 260 valence electrons. The van der Waals surface area contributed by atoms with E-state index in [1.807, 2.05) is 25.1 Å². The van der Waals surface area contributed by atoms with Crippen molar-refractivity contribution in [2.45, 2.75) is 81.5 Å². The molecule has 2 aliphatic heterocycles. The van der Waals surface area contributed by atoms with Crippen LogP contribution in [-0.2, 0) is 31.3 Å². The second-order valence-electron chi connectivity index (χ2n) is 15.0. The molecule has 5 aliphatic rings. The van der Waals surface area contributed by atoms with Gasteiger partial charge in [-0.15, -0.1) is 0 Å². The molecule has 1 amide bonds. The Morgan fingerprint density at radius 3 is 2.73 bits per heavy atom. The number of benzene rings is 2. The van der Waals surface area contributed by atoms with Crippen LogP contribution in [0.2, 0.25) is 5.02 Å². The maximum absolute atomic E-state index is 13.9. The van der Waals surface area contributed by atoms with Gasteiger partial charge in [0.05, 0.1) is 36.9 Å². The minimum atomic E-state index is -3.93. The van der Waals surface area contributed by atoms with Gasteiger partial charge >= 0.3 is 0 Å². The number of allylic oxidation sites excluding steroid dienone is 1. The molecule has 10 heteroatoms. The number of hydrogen-bond donors (Lipinski definition) is 1. The maximum Gasteiger partial charge on any atom is 0.264 e. The van der Waals surface area contributed by atoms with Crippen molar-refractivity contribution < 1.29 is 27.4 Å². The number of methoxy groups -OCH3 is 1. The van der Waals surface area contributed by atoms with Gasteiger partial charge < -0.3 is 19.1 Å². The first-order valence-electron chi connectivity index (χ1n) is 17.8. The van der Waals surface area contributed by atoms with E-state index in [1.54, 1.807) is 13.2 Å². The Kier molecular flexibility index (Phi) is 9.86. The molecule has 8 nitrogen and oxygen atoms in total. The third kappa shape index (κ3) is 7.03. The number of fused-ring (bicyclic) bond motifs is 4. The summed E-state index contributed by atoms with van der Waals surface area (Å²) >= 11 is 6.45. The maximum atomic E-state index is 13.9. The molecule has 2 aromatic rings. The van der Waals surface area contributed by atoms with E-state index in [2.05, 4.69) is 33.9 Å². The zero-order valence-corrected chi connectivity index (χ0v) is 29.7. The second kappa shape index (κ2) is 14.0. The zero-order chi connectivity index (χ0) is 33.5. The Hall–Kier alpha value is -2.59. The van der Waals surface area contributed by atoms with Gasteiger partial charge in [0, 0.05) is 36.2 Å². The van der Waals surface area contributed by atoms with E-state index in [-0.39, 0.29) is 17.4 Å². The van der Waals surface area contributed by atoms with Crippen LogP contribution in [0, 0.1) is 23.7 Å². The van der Waals surface area contributed by atoms with Gasteiger partial charge in [-0.25, -0.2) is 13.1 Å². The van der Waals surface area contributed by atoms with Crippen molar-refractivity contribution in [2.75, 3.05) is 44.9 Å². The molecule has 0 aromatic heterocycles. The topological polar surface area (TPSA) is 94.2 Å². The first-order valence-corrected chi connectivity index (χ1v) is 19.7. The number of aryl methyl sites for hydroxylation is 1. The number of anilines is 1. The van der Waals surface area contributed by atoms with Crippen LogP contribution in [0.5, 0.6) is 5.75 Å². The predicted molar refractivity (Wildman–Crippen MR) is 188 cm³/mol. The summed E-state index contributed by atoms with van der Waals surface area (Å²) in [4.78, 5) is 16.1. The normalized spacial score (nSPS) is 32.2. The highest BCUT2D eigenvalue weighted by atomic mass is 35.5. The van der Waals surface area contributed by atoms with Gasteiger partial charge in [-0.1, -0.05) is 49.6 Å². The monoisotopic (exact) mass is 696 g/mol. The lowest BCUT2D eigenvalue weighted by molar-refractivity contribution is -0.0309. The molecule has 2 aromatic carbocycles. The number of ether oxygens (including phenoxy) is 3. The lowest BCUT2D eigenvalue weighted by Gasteiger charge is -2.46. The van der Waals surface area contributed by atoms with E-state index >= 15 is 0 Å². The quantitative estimate of drug-likeness (QED) is 0.266. The number of sulfonamides is 1. The summed E-state index contributed by atoms with van der Waals surface area (Å²) < 4.78 is 48.7. The number of halogens is 1. The number of carbonyl (C=O) groups excluding carboxylic acids is 1. The van der Waals surface area contributed by atoms with Crippen molar-refractivity contribution in [1.82, 2.24) is 4.72 Å². The Labute approximate surface area is 290 Å². The van der Waals surface area contributed by atoms with E-state index in [9.17, 15) is 13.2 Å². The van der Waals surface area contributed by atoms with Crippen molar-refractivity contribution in [1.29, 1.82) is 0 Å². The molecule has 0 saturated heterocycles. The van der Waals surface area contributed by atoms with Crippen molar-refractivity contribution in [2.24, 2.45) is 23.7 Å². The third-order valence-corrected chi connectivity index (χ3v) is 13.8. The lowest BCUT2D eigenvalue weighted by atomic mass is 9.68. The fraction of sp³-hybridized carbons (Fsp3) is 0.605. The highest BCUT2D eigenvalue weighted by molar-refractivity contribution is 7.90. The summed E-state index contributed by atoms with van der Waals surface area (Å²) in [7, 11) is -2.24. The number of nitrogens with one attached hydrogen (secondary N) is 1. The summed E-state index contributed by atoms with van der Waals surface area (Å²) in [6.45, 7) is 5.04. The van der Waals surface area contributed by atoms with Crippen LogP contribution in [0.1, 0.15) is 79.8 Å². The highest BCUT2D eigenvalue weighted by Crippen LogP contribution is 2.47. The van der Waals surface area contributed by atoms with E-state index in [4.69, 9.17) is 25.8 Å². The van der Waals surface area contributed by atoms with Crippen LogP contribution in [0.25, 0.3) is 0 Å². The Morgan fingerprint density at radius 1 is 1.10 bits per heavy atom. The highest BCUT2D eigenvalue weighted by Gasteiger charge is 2.45. The van der Waals surface area contributed by atoms with Crippen molar-refractivity contribution in [3.05, 3.63) is 70.3 Å². The molecular formula is C38H49ClN2O6S. The summed E-state index contributed by atoms with van der Waals surface area (Å²) in [5.74, 6) is 1.07. The van der Waals surface area contributed by atoms with Gasteiger partial charge in [-0.2, -0.15) is 0 Å². The lowest BCUT2D eigenvalue weighted by Crippen LogP contribution is -2.49. The van der Waals surface area contributed by atoms with Gasteiger partial charge in [-0.3, -0.25) is 4.79 Å². The van der Waals surface area contributed by atoms with Crippen molar-refractivity contribution >= 4 is 33.2 Å². The van der Waals surface area contributed by atoms with Crippen LogP contribution in [0.3, 0.4) is 0 Å². The van der Waals surface area contributed by atoms with Crippen molar-refractivity contribution in [3.63, 3.8) is 0 Å². The molecule has 2 heterocycles. The number of rotatable bonds is 6. The summed E-state index contributed by atoms with van der Waals surface area (Å²) in [5, 5.41) is 0.0918. The predicted octanol–water partition coefficient (Wildman–Crippen LogP) is 6.70. The minimum absolute atomic E-state index is 0.0854. The second-order valence-corrected chi connectivity index (χ2v) is 17.3. The van der Waals surface area contributed by atoms with Crippen LogP contribution < -0.4 is 14.4 Å². The summed E-state index contributed by atoms with van der Waals surface area (Å²) in [6, 6.07) is 11.6. The van der Waals surface area contributed by atoms with Gasteiger partial charge in [0.2, 0.25) is 10.0 Å². The first kappa shape index (κ1) is 33.9. The third-order valence-electron chi connectivity index (χ3n) is 11.6. The van der Waals surface area contributed by atoms with Crippen LogP contribution in [0.4, 0.5) is 5.69 Å². The molecule has 1 spiro atoms. The standard InChI is InChI=1S/C38H49ClN2O6S/c1-25-5-3-7-34(46-18-17-45-2)31-13-10-29(31)22-41-23-38(16-4-6-27-20-30(39)12-14-32(27)38)24-47-35-15-11-28(21-33(35)41)37(42)40-48(43,44)36(25)19-26-8-9-26/h3,7,11-12,14-15,20-21,25-26,29,31,34,36H,4-6,8-10,13,16-19,22-24H2,1-2H3,(H,40,42)/b7-3-/t25-,29-,31+,34-,36+,38-/m0/s1. The van der Waals surface area contributed by atoms with Crippen molar-refractivity contribution in [3.8, 4) is 5.75 Å². The van der Waals surface area contributed by atoms with Gasteiger partial charge in [0.25, 0.3) is 5.91 Å². The molecule has 1 N–H and O–H groups in total. The molecule has 6 atom stereocenters. The van der Waals surface area contributed by atoms with E-state index in [1.165, 1.54) is 11.1 Å². The average molecular weight is 697 g/mol. The van der Waals surface area contributed by atoms with E-state index in [0.29, 0.717) is 56.0 Å². The largest absolute Gasteiger partial charge is 0.490 e. The van der Waals surface area contributed by atoms with Gasteiger partial charge in [0.15, 0.2) is 0 Å². The number of nitrogens with zero attached hydrogens (tertiary/aromatic N) is 1. The Bertz CT molecular complexity index is 1640. The Morgan fingerprint density at radius 2 is 1.96 bits per heavy atom. The van der Waals surface area contributed by atoms with Gasteiger partial charge in [0.1, 0.15) is 5.75 Å². The molecule has 0 unspecified atom stereocenters. The van der Waals surface area contributed by atoms with E-state index < -0.39 is 21.2 Å². The number of carbonyl (C=O) groups is 1. The summed E-state index contributed by atoms with van der Waals surface area (Å²) in [6.07, 6.45) is 12.6. The fourth-order valence-electron chi connectivity index (χ4n) is 8.57. The number of amides is 1. The SMILES string of the molecule is COCCO[C@H]1/C=C\C[C@H](C)[C@@H](CC2CC2)S(=O)(=O)NC(=O)c2ccc3c(c2)N(C[C@@H]2CC[C@H]21)C[C@@]1(CCCc2cc(Cl)ccc21)CO3. The fourth-order valence-corrected chi connectivity index (χ4v) is 10.5.